The number of nitrogens with zero attached hydrogens (tertiary/aromatic N) is 3. The maximum absolute atomic E-state index is 14.9. The Labute approximate surface area is 231 Å². The van der Waals surface area contributed by atoms with E-state index < -0.39 is 5.82 Å². The van der Waals surface area contributed by atoms with E-state index in [0.29, 0.717) is 36.7 Å². The zero-order valence-corrected chi connectivity index (χ0v) is 23.1. The van der Waals surface area contributed by atoms with Gasteiger partial charge in [0.2, 0.25) is 5.91 Å². The third kappa shape index (κ3) is 6.50. The molecule has 0 radical (unpaired) electrons. The number of carbonyl (C=O) groups excluding carboxylic acids is 2. The molecule has 39 heavy (non-hydrogen) atoms. The molecular formula is C31H32FN3O3S. The Morgan fingerprint density at radius 2 is 1.90 bits per heavy atom. The van der Waals surface area contributed by atoms with E-state index >= 15 is 0 Å². The van der Waals surface area contributed by atoms with Crippen molar-refractivity contribution in [2.45, 2.75) is 58.9 Å². The molecule has 1 saturated carbocycles. The molecule has 1 amide bonds. The van der Waals surface area contributed by atoms with Gasteiger partial charge in [0.05, 0.1) is 20.8 Å². The van der Waals surface area contributed by atoms with E-state index in [0.717, 1.165) is 45.6 Å². The molecule has 0 unspecified atom stereocenters. The molecule has 3 heterocycles. The molecule has 1 aromatic carbocycles. The number of amides is 1. The zero-order chi connectivity index (χ0) is 27.4. The van der Waals surface area contributed by atoms with E-state index in [9.17, 15) is 14.0 Å². The van der Waals surface area contributed by atoms with Gasteiger partial charge in [-0.2, -0.15) is 0 Å². The fourth-order valence-electron chi connectivity index (χ4n) is 4.80. The van der Waals surface area contributed by atoms with Gasteiger partial charge in [-0.3, -0.25) is 19.6 Å². The number of ketones is 1. The van der Waals surface area contributed by atoms with E-state index in [1.54, 1.807) is 37.5 Å². The molecule has 6 nitrogen and oxygen atoms in total. The van der Waals surface area contributed by atoms with E-state index in [4.69, 9.17) is 4.74 Å². The predicted molar refractivity (Wildman–Crippen MR) is 151 cm³/mol. The number of aromatic nitrogens is 2. The van der Waals surface area contributed by atoms with Gasteiger partial charge in [0.25, 0.3) is 0 Å². The van der Waals surface area contributed by atoms with Crippen LogP contribution >= 0.6 is 11.3 Å². The number of fused-ring (bicyclic) bond motifs is 1. The molecule has 0 saturated heterocycles. The number of pyridine rings is 2. The number of ether oxygens (including phenoxy) is 1. The summed E-state index contributed by atoms with van der Waals surface area (Å²) in [5, 5.41) is 0. The highest BCUT2D eigenvalue weighted by molar-refractivity contribution is 7.22. The van der Waals surface area contributed by atoms with Crippen LogP contribution in [-0.4, -0.2) is 33.1 Å². The molecule has 0 N–H and O–H groups in total. The number of benzene rings is 1. The highest BCUT2D eigenvalue weighted by Crippen LogP contribution is 2.39. The molecule has 5 rings (SSSR count). The van der Waals surface area contributed by atoms with Gasteiger partial charge >= 0.3 is 0 Å². The van der Waals surface area contributed by atoms with Crippen molar-refractivity contribution in [3.05, 3.63) is 71.8 Å². The van der Waals surface area contributed by atoms with Crippen LogP contribution in [0.15, 0.2) is 54.9 Å². The van der Waals surface area contributed by atoms with Crippen LogP contribution in [0.4, 0.5) is 4.39 Å². The minimum absolute atomic E-state index is 0.0487. The van der Waals surface area contributed by atoms with E-state index in [1.165, 1.54) is 23.8 Å². The molecule has 202 valence electrons. The summed E-state index contributed by atoms with van der Waals surface area (Å²) in [6.45, 7) is 4.87. The van der Waals surface area contributed by atoms with E-state index in [2.05, 4.69) is 9.97 Å². The van der Waals surface area contributed by atoms with Crippen molar-refractivity contribution in [2.75, 3.05) is 6.54 Å². The van der Waals surface area contributed by atoms with Crippen molar-refractivity contribution in [3.63, 3.8) is 0 Å². The Morgan fingerprint density at radius 1 is 1.08 bits per heavy atom. The summed E-state index contributed by atoms with van der Waals surface area (Å²) in [6, 6.07) is 12.3. The molecule has 0 aliphatic heterocycles. The van der Waals surface area contributed by atoms with Crippen LogP contribution in [0.1, 0.15) is 57.1 Å². The molecular weight excluding hydrogens is 513 g/mol. The Kier molecular flexibility index (Phi) is 8.31. The minimum atomic E-state index is -0.495. The standard InChI is InChI=1S/C31H32FN3O3S/c1-3-13-35(20(2)36)19-23-7-9-26(34-18-23)30-17-27-31(39-30)29(11-12-33-27)38-28-10-8-22(16-25(28)32)15-24(37)14-21-5-4-6-21/h7-12,16-18,21H,3-6,13-15,19H2,1-2H3. The second kappa shape index (κ2) is 12.0. The van der Waals surface area contributed by atoms with E-state index in [1.807, 2.05) is 30.0 Å². The van der Waals surface area contributed by atoms with Gasteiger partial charge in [-0.1, -0.05) is 38.3 Å². The van der Waals surface area contributed by atoms with Crippen LogP contribution in [0.2, 0.25) is 0 Å². The van der Waals surface area contributed by atoms with Crippen molar-refractivity contribution in [3.8, 4) is 22.1 Å². The molecule has 0 atom stereocenters. The monoisotopic (exact) mass is 545 g/mol. The van der Waals surface area contributed by atoms with Crippen molar-refractivity contribution >= 4 is 33.2 Å². The lowest BCUT2D eigenvalue weighted by Crippen LogP contribution is -2.28. The maximum Gasteiger partial charge on any atom is 0.219 e. The average molecular weight is 546 g/mol. The molecule has 1 aliphatic carbocycles. The first-order chi connectivity index (χ1) is 18.9. The van der Waals surface area contributed by atoms with Crippen LogP contribution < -0.4 is 4.74 Å². The molecule has 0 bridgehead atoms. The Hall–Kier alpha value is -3.65. The van der Waals surface area contributed by atoms with Gasteiger partial charge in [-0.15, -0.1) is 11.3 Å². The summed E-state index contributed by atoms with van der Waals surface area (Å²) < 4.78 is 21.7. The summed E-state index contributed by atoms with van der Waals surface area (Å²) in [5.74, 6) is 0.840. The Balaban J connectivity index is 1.30. The van der Waals surface area contributed by atoms with Gasteiger partial charge in [0, 0.05) is 51.3 Å². The lowest BCUT2D eigenvalue weighted by Gasteiger charge is -2.24. The molecule has 1 aliphatic rings. The third-order valence-corrected chi connectivity index (χ3v) is 8.29. The SMILES string of the molecule is CCCN(Cc1ccc(-c2cc3nccc(Oc4ccc(CC(=O)CC5CCC5)cc4F)c3s2)nc1)C(C)=O. The highest BCUT2D eigenvalue weighted by atomic mass is 32.1. The number of thiophene rings is 1. The summed E-state index contributed by atoms with van der Waals surface area (Å²) in [4.78, 5) is 36.0. The van der Waals surface area contributed by atoms with Crippen molar-refractivity contribution in [2.24, 2.45) is 5.92 Å². The van der Waals surface area contributed by atoms with Crippen LogP contribution in [0.3, 0.4) is 0 Å². The second-order valence-corrected chi connectivity index (χ2v) is 11.3. The highest BCUT2D eigenvalue weighted by Gasteiger charge is 2.21. The zero-order valence-electron chi connectivity index (χ0n) is 22.3. The first-order valence-corrected chi connectivity index (χ1v) is 14.3. The summed E-state index contributed by atoms with van der Waals surface area (Å²) in [7, 11) is 0. The minimum Gasteiger partial charge on any atom is -0.453 e. The number of halogens is 1. The number of hydrogen-bond acceptors (Lipinski definition) is 6. The molecule has 1 fully saturated rings. The number of hydrogen-bond donors (Lipinski definition) is 0. The second-order valence-electron chi connectivity index (χ2n) is 10.2. The van der Waals surface area contributed by atoms with Gasteiger partial charge in [-0.05, 0) is 47.7 Å². The van der Waals surface area contributed by atoms with Crippen LogP contribution in [0.5, 0.6) is 11.5 Å². The predicted octanol–water partition coefficient (Wildman–Crippen LogP) is 7.35. The average Bonchev–Trinajstić information content (AvgIpc) is 3.33. The fraction of sp³-hybridized carbons (Fsp3) is 0.355. The lowest BCUT2D eigenvalue weighted by molar-refractivity contribution is -0.129. The number of carbonyl (C=O) groups is 2. The normalized spacial score (nSPS) is 13.3. The topological polar surface area (TPSA) is 72.4 Å². The first-order valence-electron chi connectivity index (χ1n) is 13.5. The summed E-state index contributed by atoms with van der Waals surface area (Å²) in [6.07, 6.45) is 8.62. The van der Waals surface area contributed by atoms with Crippen molar-refractivity contribution in [1.29, 1.82) is 0 Å². The maximum atomic E-state index is 14.9. The quantitative estimate of drug-likeness (QED) is 0.197. The van der Waals surface area contributed by atoms with Crippen molar-refractivity contribution < 1.29 is 18.7 Å². The fourth-order valence-corrected chi connectivity index (χ4v) is 5.84. The van der Waals surface area contributed by atoms with Gasteiger partial charge in [0.1, 0.15) is 11.5 Å². The first kappa shape index (κ1) is 26.9. The van der Waals surface area contributed by atoms with Crippen LogP contribution in [0, 0.1) is 11.7 Å². The summed E-state index contributed by atoms with van der Waals surface area (Å²) in [5.41, 5.74) is 3.16. The Morgan fingerprint density at radius 3 is 2.56 bits per heavy atom. The lowest BCUT2D eigenvalue weighted by atomic mass is 9.81. The summed E-state index contributed by atoms with van der Waals surface area (Å²) >= 11 is 1.48. The van der Waals surface area contributed by atoms with Crippen molar-refractivity contribution in [1.82, 2.24) is 14.9 Å². The third-order valence-electron chi connectivity index (χ3n) is 7.12. The smallest absolute Gasteiger partial charge is 0.219 e. The van der Waals surface area contributed by atoms with Gasteiger partial charge < -0.3 is 9.64 Å². The molecule has 8 heteroatoms. The molecule has 4 aromatic rings. The largest absolute Gasteiger partial charge is 0.453 e. The molecule has 0 spiro atoms. The van der Waals surface area contributed by atoms with Gasteiger partial charge in [0.15, 0.2) is 11.6 Å². The Bertz CT molecular complexity index is 1480. The molecule has 3 aromatic heterocycles. The van der Waals surface area contributed by atoms with E-state index in [-0.39, 0.29) is 23.9 Å². The van der Waals surface area contributed by atoms with Crippen LogP contribution in [-0.2, 0) is 22.6 Å². The van der Waals surface area contributed by atoms with Gasteiger partial charge in [-0.25, -0.2) is 4.39 Å². The number of Topliss-reactive ketones (excluding diaryl/α,β-unsaturated/α-hetero) is 1. The van der Waals surface area contributed by atoms with Crippen LogP contribution in [0.25, 0.3) is 20.8 Å². The number of rotatable bonds is 11.